The van der Waals surface area contributed by atoms with Crippen LogP contribution in [0, 0.1) is 5.92 Å². The SMILES string of the molecule is COc1cc(C=Cc2ccc(OC(=O)OCCOC(=O)C(NC(=O)OC(C)(C)C)C(C)C)cc2)cc(OC)c1. The van der Waals surface area contributed by atoms with Crippen LogP contribution in [0.2, 0.25) is 0 Å². The van der Waals surface area contributed by atoms with Gasteiger partial charge in [0.05, 0.1) is 14.2 Å². The molecule has 0 saturated heterocycles. The molecule has 39 heavy (non-hydrogen) atoms. The fourth-order valence-corrected chi connectivity index (χ4v) is 3.18. The second kappa shape index (κ2) is 14.7. The lowest BCUT2D eigenvalue weighted by atomic mass is 10.1. The van der Waals surface area contributed by atoms with E-state index in [0.29, 0.717) is 17.2 Å². The van der Waals surface area contributed by atoms with Gasteiger partial charge < -0.3 is 33.7 Å². The van der Waals surface area contributed by atoms with Crippen LogP contribution in [0.15, 0.2) is 42.5 Å². The van der Waals surface area contributed by atoms with E-state index in [1.807, 2.05) is 24.3 Å². The normalized spacial score (nSPS) is 12.0. The summed E-state index contributed by atoms with van der Waals surface area (Å²) in [5.41, 5.74) is 1.08. The second-order valence-corrected chi connectivity index (χ2v) is 9.78. The Morgan fingerprint density at radius 3 is 1.92 bits per heavy atom. The molecule has 0 radical (unpaired) electrons. The molecule has 0 aliphatic carbocycles. The van der Waals surface area contributed by atoms with Crippen molar-refractivity contribution in [2.24, 2.45) is 5.92 Å². The molecular formula is C29H37NO9. The third kappa shape index (κ3) is 11.4. The van der Waals surface area contributed by atoms with Gasteiger partial charge in [-0.25, -0.2) is 14.4 Å². The van der Waals surface area contributed by atoms with Gasteiger partial charge >= 0.3 is 18.2 Å². The molecular weight excluding hydrogens is 506 g/mol. The van der Waals surface area contributed by atoms with Gasteiger partial charge in [0.25, 0.3) is 0 Å². The summed E-state index contributed by atoms with van der Waals surface area (Å²) < 4.78 is 31.0. The average molecular weight is 544 g/mol. The largest absolute Gasteiger partial charge is 0.513 e. The molecule has 0 spiro atoms. The van der Waals surface area contributed by atoms with E-state index >= 15 is 0 Å². The number of hydrogen-bond acceptors (Lipinski definition) is 9. The van der Waals surface area contributed by atoms with E-state index in [-0.39, 0.29) is 19.1 Å². The van der Waals surface area contributed by atoms with Crippen molar-refractivity contribution in [2.75, 3.05) is 27.4 Å². The van der Waals surface area contributed by atoms with Gasteiger partial charge in [-0.05, 0) is 62.1 Å². The van der Waals surface area contributed by atoms with Crippen LogP contribution in [0.1, 0.15) is 45.7 Å². The summed E-state index contributed by atoms with van der Waals surface area (Å²) >= 11 is 0. The Bertz CT molecular complexity index is 1110. The third-order valence-electron chi connectivity index (χ3n) is 5.06. The Labute approximate surface area is 229 Å². The highest BCUT2D eigenvalue weighted by atomic mass is 16.7. The maximum atomic E-state index is 12.4. The summed E-state index contributed by atoms with van der Waals surface area (Å²) in [4.78, 5) is 36.4. The zero-order chi connectivity index (χ0) is 29.0. The van der Waals surface area contributed by atoms with Crippen molar-refractivity contribution in [2.45, 2.75) is 46.3 Å². The van der Waals surface area contributed by atoms with Crippen LogP contribution in [0.3, 0.4) is 0 Å². The van der Waals surface area contributed by atoms with E-state index < -0.39 is 29.9 Å². The molecule has 1 N–H and O–H groups in total. The zero-order valence-electron chi connectivity index (χ0n) is 23.4. The van der Waals surface area contributed by atoms with Crippen molar-refractivity contribution in [1.82, 2.24) is 5.32 Å². The van der Waals surface area contributed by atoms with Crippen molar-refractivity contribution in [3.05, 3.63) is 53.6 Å². The first-order valence-corrected chi connectivity index (χ1v) is 12.4. The molecule has 0 aliphatic heterocycles. The molecule has 1 amide bonds. The number of alkyl carbamates (subject to hydrolysis) is 1. The number of benzene rings is 2. The molecule has 212 valence electrons. The van der Waals surface area contributed by atoms with Gasteiger partial charge in [0.15, 0.2) is 0 Å². The van der Waals surface area contributed by atoms with E-state index in [0.717, 1.165) is 11.1 Å². The van der Waals surface area contributed by atoms with E-state index in [2.05, 4.69) is 5.32 Å². The molecule has 0 saturated carbocycles. The molecule has 0 bridgehead atoms. The minimum Gasteiger partial charge on any atom is -0.497 e. The molecule has 10 nitrogen and oxygen atoms in total. The predicted octanol–water partition coefficient (Wildman–Crippen LogP) is 5.48. The van der Waals surface area contributed by atoms with Gasteiger partial charge in [-0.3, -0.25) is 0 Å². The molecule has 1 unspecified atom stereocenters. The quantitative estimate of drug-likeness (QED) is 0.129. The van der Waals surface area contributed by atoms with Gasteiger partial charge in [-0.15, -0.1) is 0 Å². The van der Waals surface area contributed by atoms with Crippen LogP contribution in [0.25, 0.3) is 12.2 Å². The minimum atomic E-state index is -0.940. The van der Waals surface area contributed by atoms with Gasteiger partial charge in [0.1, 0.15) is 42.1 Å². The summed E-state index contributed by atoms with van der Waals surface area (Å²) in [7, 11) is 3.18. The van der Waals surface area contributed by atoms with E-state index in [4.69, 9.17) is 28.4 Å². The summed E-state index contributed by atoms with van der Waals surface area (Å²) in [6.45, 7) is 8.26. The number of carbonyl (C=O) groups excluding carboxylic acids is 3. The third-order valence-corrected chi connectivity index (χ3v) is 5.06. The maximum Gasteiger partial charge on any atom is 0.513 e. The van der Waals surface area contributed by atoms with Crippen molar-refractivity contribution in [1.29, 1.82) is 0 Å². The molecule has 1 atom stereocenters. The molecule has 0 aromatic heterocycles. The van der Waals surface area contributed by atoms with Crippen LogP contribution >= 0.6 is 0 Å². The fourth-order valence-electron chi connectivity index (χ4n) is 3.18. The van der Waals surface area contributed by atoms with Crippen molar-refractivity contribution >= 4 is 30.4 Å². The number of nitrogens with one attached hydrogen (secondary N) is 1. The van der Waals surface area contributed by atoms with Crippen molar-refractivity contribution in [3.8, 4) is 17.2 Å². The Morgan fingerprint density at radius 2 is 1.38 bits per heavy atom. The molecule has 2 aromatic carbocycles. The van der Waals surface area contributed by atoms with Crippen LogP contribution in [0.5, 0.6) is 17.2 Å². The Morgan fingerprint density at radius 1 is 0.821 bits per heavy atom. The van der Waals surface area contributed by atoms with Crippen molar-refractivity contribution < 1.29 is 42.8 Å². The molecule has 0 fully saturated rings. The van der Waals surface area contributed by atoms with Crippen LogP contribution in [-0.4, -0.2) is 57.3 Å². The summed E-state index contributed by atoms with van der Waals surface area (Å²) in [5.74, 6) is 0.751. The second-order valence-electron chi connectivity index (χ2n) is 9.78. The highest BCUT2D eigenvalue weighted by molar-refractivity contribution is 5.81. The van der Waals surface area contributed by atoms with Gasteiger partial charge in [0, 0.05) is 6.07 Å². The molecule has 0 aliphatic rings. The zero-order valence-corrected chi connectivity index (χ0v) is 23.4. The number of amides is 1. The smallest absolute Gasteiger partial charge is 0.497 e. The van der Waals surface area contributed by atoms with Gasteiger partial charge in [0.2, 0.25) is 0 Å². The molecule has 2 aromatic rings. The van der Waals surface area contributed by atoms with Crippen LogP contribution < -0.4 is 19.5 Å². The Kier molecular flexibility index (Phi) is 11.7. The first kappa shape index (κ1) is 31.0. The number of esters is 1. The average Bonchev–Trinajstić information content (AvgIpc) is 2.87. The summed E-state index contributed by atoms with van der Waals surface area (Å²) in [6, 6.07) is 11.5. The Hall–Kier alpha value is -4.21. The first-order chi connectivity index (χ1) is 18.4. The van der Waals surface area contributed by atoms with E-state index in [1.54, 1.807) is 79.2 Å². The maximum absolute atomic E-state index is 12.4. The lowest BCUT2D eigenvalue weighted by Gasteiger charge is -2.24. The lowest BCUT2D eigenvalue weighted by molar-refractivity contribution is -0.148. The van der Waals surface area contributed by atoms with E-state index in [9.17, 15) is 14.4 Å². The fraction of sp³-hybridized carbons (Fsp3) is 0.414. The monoisotopic (exact) mass is 543 g/mol. The minimum absolute atomic E-state index is 0.202. The first-order valence-electron chi connectivity index (χ1n) is 12.4. The summed E-state index contributed by atoms with van der Waals surface area (Å²) in [5, 5.41) is 2.50. The topological polar surface area (TPSA) is 119 Å². The molecule has 2 rings (SSSR count). The van der Waals surface area contributed by atoms with Crippen LogP contribution in [-0.2, 0) is 19.0 Å². The molecule has 10 heteroatoms. The Balaban J connectivity index is 1.79. The highest BCUT2D eigenvalue weighted by Gasteiger charge is 2.28. The van der Waals surface area contributed by atoms with Crippen LogP contribution in [0.4, 0.5) is 9.59 Å². The van der Waals surface area contributed by atoms with E-state index in [1.165, 1.54) is 0 Å². The van der Waals surface area contributed by atoms with Crippen molar-refractivity contribution in [3.63, 3.8) is 0 Å². The lowest BCUT2D eigenvalue weighted by Crippen LogP contribution is -2.47. The number of carbonyl (C=O) groups is 3. The number of hydrogen-bond donors (Lipinski definition) is 1. The predicted molar refractivity (Wildman–Crippen MR) is 146 cm³/mol. The standard InChI is InChI=1S/C29H37NO9/c1-19(2)25(30-27(32)39-29(3,4)5)26(31)36-14-15-37-28(33)38-22-12-10-20(11-13-22)8-9-21-16-23(34-6)18-24(17-21)35-7/h8-13,16-19,25H,14-15H2,1-7H3,(H,30,32). The molecule has 0 heterocycles. The van der Waals surface area contributed by atoms with Gasteiger partial charge in [-0.1, -0.05) is 38.1 Å². The highest BCUT2D eigenvalue weighted by Crippen LogP contribution is 2.24. The number of ether oxygens (including phenoxy) is 6. The summed E-state index contributed by atoms with van der Waals surface area (Å²) in [6.07, 6.45) is 2.14. The number of methoxy groups -OCH3 is 2. The van der Waals surface area contributed by atoms with Gasteiger partial charge in [-0.2, -0.15) is 0 Å². The number of rotatable bonds is 11.